The molecule has 0 unspecified atom stereocenters. The van der Waals surface area contributed by atoms with Crippen LogP contribution in [0.5, 0.6) is 5.75 Å². The van der Waals surface area contributed by atoms with Crippen molar-refractivity contribution in [1.29, 1.82) is 0 Å². The van der Waals surface area contributed by atoms with Crippen molar-refractivity contribution in [3.05, 3.63) is 64.6 Å². The van der Waals surface area contributed by atoms with Gasteiger partial charge < -0.3 is 14.9 Å². The van der Waals surface area contributed by atoms with Gasteiger partial charge in [0.1, 0.15) is 11.3 Å². The molecule has 1 aliphatic heterocycles. The molecule has 192 valence electrons. The molecule has 8 nitrogen and oxygen atoms in total. The minimum atomic E-state index is -3.68. The number of aromatic nitrogens is 1. The smallest absolute Gasteiger partial charge is 0.258 e. The average Bonchev–Trinajstić information content (AvgIpc) is 3.16. The van der Waals surface area contributed by atoms with Gasteiger partial charge in [-0.1, -0.05) is 26.0 Å². The van der Waals surface area contributed by atoms with Crippen LogP contribution in [0.3, 0.4) is 0 Å². The van der Waals surface area contributed by atoms with Gasteiger partial charge in [0.2, 0.25) is 10.0 Å². The second-order valence-corrected chi connectivity index (χ2v) is 11.1. The number of pyridine rings is 1. The molecule has 1 aromatic heterocycles. The molecule has 1 amide bonds. The maximum Gasteiger partial charge on any atom is 0.258 e. The van der Waals surface area contributed by atoms with Crippen molar-refractivity contribution in [2.75, 3.05) is 43.8 Å². The molecule has 2 heterocycles. The zero-order valence-corrected chi connectivity index (χ0v) is 21.8. The van der Waals surface area contributed by atoms with Gasteiger partial charge in [0.15, 0.2) is 5.75 Å². The van der Waals surface area contributed by atoms with Crippen LogP contribution < -0.4 is 4.31 Å². The number of sulfonamides is 1. The third kappa shape index (κ3) is 4.87. The fourth-order valence-corrected chi connectivity index (χ4v) is 5.21. The quantitative estimate of drug-likeness (QED) is 0.471. The van der Waals surface area contributed by atoms with Gasteiger partial charge in [0.05, 0.1) is 17.5 Å². The molecule has 1 N–H and O–H groups in total. The van der Waals surface area contributed by atoms with Crippen LogP contribution in [0.2, 0.25) is 0 Å². The first kappa shape index (κ1) is 25.8. The first-order valence-electron chi connectivity index (χ1n) is 11.9. The highest BCUT2D eigenvalue weighted by Gasteiger charge is 2.37. The van der Waals surface area contributed by atoms with Gasteiger partial charge in [-0.05, 0) is 48.8 Å². The maximum absolute atomic E-state index is 13.3. The Morgan fingerprint density at radius 3 is 2.42 bits per heavy atom. The number of carbonyl (C=O) groups excluding carboxylic acids is 1. The Balaban J connectivity index is 1.83. The molecular weight excluding hydrogens is 483 g/mol. The summed E-state index contributed by atoms with van der Waals surface area (Å²) in [6, 6.07) is 7.89. The molecule has 0 saturated carbocycles. The van der Waals surface area contributed by atoms with Crippen molar-refractivity contribution in [2.24, 2.45) is 0 Å². The van der Waals surface area contributed by atoms with E-state index in [4.69, 9.17) is 0 Å². The number of carbonyl (C=O) groups is 1. The third-order valence-electron chi connectivity index (χ3n) is 6.81. The van der Waals surface area contributed by atoms with Crippen LogP contribution in [0.1, 0.15) is 40.9 Å². The largest absolute Gasteiger partial charge is 0.505 e. The lowest BCUT2D eigenvalue weighted by molar-refractivity contribution is 0.0758. The number of phenolic OH excluding ortho intramolecular Hbond substituents is 1. The molecule has 0 bridgehead atoms. The minimum absolute atomic E-state index is 0.103. The van der Waals surface area contributed by atoms with E-state index in [1.807, 2.05) is 0 Å². The summed E-state index contributed by atoms with van der Waals surface area (Å²) < 4.78 is 39.7. The topological polar surface area (TPSA) is 94.1 Å². The molecule has 0 aliphatic carbocycles. The number of rotatable bonds is 9. The number of fused-ring (bicyclic) bond motifs is 2. The van der Waals surface area contributed by atoms with Crippen molar-refractivity contribution in [1.82, 2.24) is 14.8 Å². The zero-order valence-electron chi connectivity index (χ0n) is 21.0. The van der Waals surface area contributed by atoms with Crippen molar-refractivity contribution >= 4 is 32.5 Å². The number of benzene rings is 2. The Bertz CT molecular complexity index is 1410. The van der Waals surface area contributed by atoms with E-state index in [1.54, 1.807) is 29.3 Å². The molecule has 0 saturated heterocycles. The molecule has 1 aliphatic rings. The zero-order chi connectivity index (χ0) is 26.2. The van der Waals surface area contributed by atoms with E-state index in [0.29, 0.717) is 36.1 Å². The molecule has 10 heteroatoms. The summed E-state index contributed by atoms with van der Waals surface area (Å²) in [6.07, 6.45) is 3.13. The molecule has 36 heavy (non-hydrogen) atoms. The molecular formula is C26H31FN4O4S. The SMILES string of the molecule is CCN(CC)CCN1Cc2c(c(O)c3ncc(Cc4ccc(F)cc4)cc3c2N(C)S(C)(=O)=O)C1=O. The number of likely N-dealkylation sites (N-methyl/N-ethyl adjacent to an activating group) is 1. The lowest BCUT2D eigenvalue weighted by Gasteiger charge is -2.24. The van der Waals surface area contributed by atoms with Crippen LogP contribution in [-0.4, -0.2) is 73.7 Å². The third-order valence-corrected chi connectivity index (χ3v) is 7.99. The lowest BCUT2D eigenvalue weighted by atomic mass is 9.98. The second kappa shape index (κ2) is 10.0. The number of hydrogen-bond donors (Lipinski definition) is 1. The van der Waals surface area contributed by atoms with Crippen molar-refractivity contribution < 1.29 is 22.7 Å². The van der Waals surface area contributed by atoms with E-state index in [0.717, 1.165) is 34.8 Å². The first-order chi connectivity index (χ1) is 17.0. The minimum Gasteiger partial charge on any atom is -0.505 e. The van der Waals surface area contributed by atoms with Gasteiger partial charge in [-0.3, -0.25) is 14.1 Å². The van der Waals surface area contributed by atoms with E-state index in [-0.39, 0.29) is 35.1 Å². The molecule has 0 atom stereocenters. The van der Waals surface area contributed by atoms with E-state index in [9.17, 15) is 22.7 Å². The monoisotopic (exact) mass is 514 g/mol. The highest BCUT2D eigenvalue weighted by molar-refractivity contribution is 7.92. The standard InChI is InChI=1S/C26H31FN4O4S/c1-5-30(6-2)11-12-31-16-21-22(26(31)33)25(32)23-20(24(21)29(3)36(4,34)35)14-18(15-28-23)13-17-7-9-19(27)10-8-17/h7-10,14-15,32H,5-6,11-13,16H2,1-4H3. The van der Waals surface area contributed by atoms with Crippen LogP contribution in [0.4, 0.5) is 10.1 Å². The predicted octanol–water partition coefficient (Wildman–Crippen LogP) is 3.36. The van der Waals surface area contributed by atoms with Crippen LogP contribution >= 0.6 is 0 Å². The lowest BCUT2D eigenvalue weighted by Crippen LogP contribution is -2.35. The predicted molar refractivity (Wildman–Crippen MR) is 138 cm³/mol. The molecule has 4 rings (SSSR count). The van der Waals surface area contributed by atoms with Crippen LogP contribution in [-0.2, 0) is 23.0 Å². The first-order valence-corrected chi connectivity index (χ1v) is 13.8. The van der Waals surface area contributed by atoms with Crippen molar-refractivity contribution in [2.45, 2.75) is 26.8 Å². The summed E-state index contributed by atoms with van der Waals surface area (Å²) in [4.78, 5) is 21.6. The fraction of sp³-hybridized carbons (Fsp3) is 0.385. The molecule has 3 aromatic rings. The van der Waals surface area contributed by atoms with E-state index in [2.05, 4.69) is 23.7 Å². The number of hydrogen-bond acceptors (Lipinski definition) is 6. The Morgan fingerprint density at radius 1 is 1.14 bits per heavy atom. The highest BCUT2D eigenvalue weighted by atomic mass is 32.2. The van der Waals surface area contributed by atoms with E-state index in [1.165, 1.54) is 19.2 Å². The number of nitrogens with zero attached hydrogens (tertiary/aromatic N) is 4. The van der Waals surface area contributed by atoms with Gasteiger partial charge >= 0.3 is 0 Å². The summed E-state index contributed by atoms with van der Waals surface area (Å²) in [6.45, 7) is 7.12. The second-order valence-electron chi connectivity index (χ2n) is 9.08. The van der Waals surface area contributed by atoms with Gasteiger partial charge in [0, 0.05) is 43.8 Å². The maximum atomic E-state index is 13.3. The fourth-order valence-electron chi connectivity index (χ4n) is 4.67. The molecule has 0 radical (unpaired) electrons. The number of halogens is 1. The molecule has 0 fully saturated rings. The van der Waals surface area contributed by atoms with Crippen LogP contribution in [0.25, 0.3) is 10.9 Å². The Labute approximate surface area is 211 Å². The van der Waals surface area contributed by atoms with Crippen LogP contribution in [0, 0.1) is 5.82 Å². The van der Waals surface area contributed by atoms with Gasteiger partial charge in [-0.15, -0.1) is 0 Å². The summed E-state index contributed by atoms with van der Waals surface area (Å²) in [5, 5.41) is 11.6. The van der Waals surface area contributed by atoms with Gasteiger partial charge in [-0.2, -0.15) is 0 Å². The highest BCUT2D eigenvalue weighted by Crippen LogP contribution is 2.44. The summed E-state index contributed by atoms with van der Waals surface area (Å²) in [5.74, 6) is -0.908. The number of aromatic hydroxyl groups is 1. The van der Waals surface area contributed by atoms with Crippen LogP contribution in [0.15, 0.2) is 36.5 Å². The normalized spacial score (nSPS) is 13.6. The van der Waals surface area contributed by atoms with Crippen molar-refractivity contribution in [3.8, 4) is 5.75 Å². The summed E-state index contributed by atoms with van der Waals surface area (Å²) in [7, 11) is -2.24. The summed E-state index contributed by atoms with van der Waals surface area (Å²) >= 11 is 0. The Hall–Kier alpha value is -3.24. The number of anilines is 1. The summed E-state index contributed by atoms with van der Waals surface area (Å²) in [5.41, 5.74) is 2.70. The van der Waals surface area contributed by atoms with Crippen molar-refractivity contribution in [3.63, 3.8) is 0 Å². The Kier molecular flexibility index (Phi) is 7.19. The van der Waals surface area contributed by atoms with E-state index >= 15 is 0 Å². The van der Waals surface area contributed by atoms with E-state index < -0.39 is 10.0 Å². The Morgan fingerprint density at radius 2 is 1.81 bits per heavy atom. The molecule has 0 spiro atoms. The molecule has 2 aromatic carbocycles. The average molecular weight is 515 g/mol. The van der Waals surface area contributed by atoms with Gasteiger partial charge in [-0.25, -0.2) is 12.8 Å². The number of phenols is 1. The number of amides is 1. The van der Waals surface area contributed by atoms with Gasteiger partial charge in [0.25, 0.3) is 5.91 Å².